The minimum atomic E-state index is -0.267. The van der Waals surface area contributed by atoms with Gasteiger partial charge in [0.05, 0.1) is 5.69 Å². The van der Waals surface area contributed by atoms with Gasteiger partial charge >= 0.3 is 0 Å². The molecule has 1 N–H and O–H groups in total. The number of phenols is 1. The normalized spacial score (nSPS) is 10.5. The van der Waals surface area contributed by atoms with Crippen LogP contribution in [-0.2, 0) is 6.54 Å². The zero-order chi connectivity index (χ0) is 14.0. The van der Waals surface area contributed by atoms with E-state index in [0.717, 1.165) is 15.6 Å². The van der Waals surface area contributed by atoms with Crippen molar-refractivity contribution >= 4 is 21.6 Å². The van der Waals surface area contributed by atoms with Crippen molar-refractivity contribution in [2.24, 2.45) is 0 Å². The Morgan fingerprint density at radius 2 is 1.95 bits per heavy atom. The smallest absolute Gasteiger partial charge is 0.146 e. The predicted octanol–water partition coefficient (Wildman–Crippen LogP) is 4.24. The van der Waals surface area contributed by atoms with E-state index >= 15 is 0 Å². The van der Waals surface area contributed by atoms with E-state index in [2.05, 4.69) is 15.9 Å². The molecule has 2 aromatic rings. The summed E-state index contributed by atoms with van der Waals surface area (Å²) >= 11 is 3.40. The standard InChI is InChI=1S/C15H15BrFNO/c1-10-7-12(16)8-11(15(10)19)9-18(2)14-6-4-3-5-13(14)17/h3-8,19H,9H2,1-2H3. The van der Waals surface area contributed by atoms with Crippen molar-refractivity contribution in [1.82, 2.24) is 0 Å². The van der Waals surface area contributed by atoms with Gasteiger partial charge in [0.1, 0.15) is 11.6 Å². The summed E-state index contributed by atoms with van der Waals surface area (Å²) in [5, 5.41) is 10.0. The van der Waals surface area contributed by atoms with Crippen molar-refractivity contribution in [3.8, 4) is 5.75 Å². The van der Waals surface area contributed by atoms with Gasteiger partial charge in [0.15, 0.2) is 0 Å². The average molecular weight is 324 g/mol. The van der Waals surface area contributed by atoms with E-state index in [1.54, 1.807) is 30.1 Å². The molecule has 0 saturated heterocycles. The lowest BCUT2D eigenvalue weighted by Crippen LogP contribution is -2.17. The molecular weight excluding hydrogens is 309 g/mol. The fourth-order valence-corrected chi connectivity index (χ4v) is 2.65. The molecule has 19 heavy (non-hydrogen) atoms. The van der Waals surface area contributed by atoms with Crippen molar-refractivity contribution in [2.75, 3.05) is 11.9 Å². The third-order valence-corrected chi connectivity index (χ3v) is 3.47. The minimum absolute atomic E-state index is 0.256. The largest absolute Gasteiger partial charge is 0.507 e. The van der Waals surface area contributed by atoms with Gasteiger partial charge in [0, 0.05) is 23.6 Å². The molecule has 0 spiro atoms. The molecule has 2 rings (SSSR count). The fourth-order valence-electron chi connectivity index (χ4n) is 2.03. The lowest BCUT2D eigenvalue weighted by molar-refractivity contribution is 0.463. The predicted molar refractivity (Wildman–Crippen MR) is 79.1 cm³/mol. The van der Waals surface area contributed by atoms with Crippen LogP contribution in [0.4, 0.5) is 10.1 Å². The number of anilines is 1. The first-order valence-electron chi connectivity index (χ1n) is 5.92. The summed E-state index contributed by atoms with van der Waals surface area (Å²) in [7, 11) is 1.80. The molecule has 0 bridgehead atoms. The Morgan fingerprint density at radius 3 is 2.63 bits per heavy atom. The Bertz CT molecular complexity index is 601. The maximum atomic E-state index is 13.7. The number of phenolic OH excluding ortho intramolecular Hbond substituents is 1. The van der Waals surface area contributed by atoms with Crippen LogP contribution >= 0.6 is 15.9 Å². The molecule has 100 valence electrons. The number of para-hydroxylation sites is 1. The second-order valence-electron chi connectivity index (χ2n) is 4.54. The minimum Gasteiger partial charge on any atom is -0.507 e. The summed E-state index contributed by atoms with van der Waals surface area (Å²) < 4.78 is 14.6. The van der Waals surface area contributed by atoms with Crippen LogP contribution in [0.2, 0.25) is 0 Å². The number of benzene rings is 2. The molecule has 0 atom stereocenters. The van der Waals surface area contributed by atoms with Crippen LogP contribution in [-0.4, -0.2) is 12.2 Å². The Morgan fingerprint density at radius 1 is 1.26 bits per heavy atom. The molecule has 0 radical (unpaired) electrons. The highest BCUT2D eigenvalue weighted by molar-refractivity contribution is 9.10. The van der Waals surface area contributed by atoms with Crippen LogP contribution in [0, 0.1) is 12.7 Å². The van der Waals surface area contributed by atoms with E-state index in [1.165, 1.54) is 6.07 Å². The fraction of sp³-hybridized carbons (Fsp3) is 0.200. The van der Waals surface area contributed by atoms with Gasteiger partial charge in [-0.15, -0.1) is 0 Å². The van der Waals surface area contributed by atoms with Crippen LogP contribution in [0.25, 0.3) is 0 Å². The first kappa shape index (κ1) is 13.9. The van der Waals surface area contributed by atoms with Crippen LogP contribution in [0.1, 0.15) is 11.1 Å². The highest BCUT2D eigenvalue weighted by Crippen LogP contribution is 2.29. The first-order valence-corrected chi connectivity index (χ1v) is 6.72. The molecule has 2 aromatic carbocycles. The van der Waals surface area contributed by atoms with Gasteiger partial charge in [-0.25, -0.2) is 4.39 Å². The first-order chi connectivity index (χ1) is 8.99. The molecule has 0 fully saturated rings. The second-order valence-corrected chi connectivity index (χ2v) is 5.45. The number of aromatic hydroxyl groups is 1. The molecular formula is C15H15BrFNO. The molecule has 0 saturated carbocycles. The summed E-state index contributed by atoms with van der Waals surface area (Å²) in [5.41, 5.74) is 2.07. The number of hydrogen-bond acceptors (Lipinski definition) is 2. The van der Waals surface area contributed by atoms with E-state index in [4.69, 9.17) is 0 Å². The lowest BCUT2D eigenvalue weighted by atomic mass is 10.1. The van der Waals surface area contributed by atoms with E-state index in [9.17, 15) is 9.50 Å². The zero-order valence-electron chi connectivity index (χ0n) is 10.8. The monoisotopic (exact) mass is 323 g/mol. The van der Waals surface area contributed by atoms with Gasteiger partial charge < -0.3 is 10.0 Å². The van der Waals surface area contributed by atoms with Gasteiger partial charge in [0.2, 0.25) is 0 Å². The van der Waals surface area contributed by atoms with E-state index in [0.29, 0.717) is 12.2 Å². The molecule has 0 aliphatic rings. The van der Waals surface area contributed by atoms with Gasteiger partial charge in [-0.3, -0.25) is 0 Å². The van der Waals surface area contributed by atoms with Crippen molar-refractivity contribution < 1.29 is 9.50 Å². The van der Waals surface area contributed by atoms with Crippen LogP contribution < -0.4 is 4.90 Å². The summed E-state index contributed by atoms with van der Waals surface area (Å²) in [6.45, 7) is 2.28. The molecule has 4 heteroatoms. The number of halogens is 2. The second kappa shape index (κ2) is 5.61. The highest BCUT2D eigenvalue weighted by atomic mass is 79.9. The zero-order valence-corrected chi connectivity index (χ0v) is 12.4. The maximum absolute atomic E-state index is 13.7. The van der Waals surface area contributed by atoms with Crippen molar-refractivity contribution in [3.63, 3.8) is 0 Å². The van der Waals surface area contributed by atoms with Crippen molar-refractivity contribution in [1.29, 1.82) is 0 Å². The Hall–Kier alpha value is -1.55. The summed E-state index contributed by atoms with van der Waals surface area (Å²) in [5.74, 6) is -0.0115. The average Bonchev–Trinajstić information content (AvgIpc) is 2.35. The van der Waals surface area contributed by atoms with Gasteiger partial charge in [-0.1, -0.05) is 28.1 Å². The van der Waals surface area contributed by atoms with E-state index in [1.807, 2.05) is 19.1 Å². The number of hydrogen-bond donors (Lipinski definition) is 1. The van der Waals surface area contributed by atoms with Gasteiger partial charge in [0.25, 0.3) is 0 Å². The summed E-state index contributed by atoms with van der Waals surface area (Å²) in [4.78, 5) is 1.77. The Kier molecular flexibility index (Phi) is 4.10. The van der Waals surface area contributed by atoms with Crippen molar-refractivity contribution in [3.05, 3.63) is 57.8 Å². The Balaban J connectivity index is 2.29. The lowest BCUT2D eigenvalue weighted by Gasteiger charge is -2.21. The van der Waals surface area contributed by atoms with E-state index in [-0.39, 0.29) is 11.6 Å². The quantitative estimate of drug-likeness (QED) is 0.913. The van der Waals surface area contributed by atoms with Crippen molar-refractivity contribution in [2.45, 2.75) is 13.5 Å². The summed E-state index contributed by atoms with van der Waals surface area (Å²) in [6, 6.07) is 10.3. The molecule has 0 unspecified atom stereocenters. The molecule has 0 heterocycles. The topological polar surface area (TPSA) is 23.5 Å². The molecule has 0 aromatic heterocycles. The number of aryl methyl sites for hydroxylation is 1. The molecule has 0 aliphatic carbocycles. The van der Waals surface area contributed by atoms with E-state index < -0.39 is 0 Å². The van der Waals surface area contributed by atoms with Crippen LogP contribution in [0.3, 0.4) is 0 Å². The molecule has 0 amide bonds. The molecule has 2 nitrogen and oxygen atoms in total. The number of rotatable bonds is 3. The van der Waals surface area contributed by atoms with Gasteiger partial charge in [-0.05, 0) is 36.8 Å². The number of nitrogens with zero attached hydrogens (tertiary/aromatic N) is 1. The third kappa shape index (κ3) is 3.07. The maximum Gasteiger partial charge on any atom is 0.146 e. The van der Waals surface area contributed by atoms with Crippen LogP contribution in [0.5, 0.6) is 5.75 Å². The third-order valence-electron chi connectivity index (χ3n) is 3.02. The molecule has 0 aliphatic heterocycles. The SMILES string of the molecule is Cc1cc(Br)cc(CN(C)c2ccccc2F)c1O. The Labute approximate surface area is 120 Å². The summed E-state index contributed by atoms with van der Waals surface area (Å²) in [6.07, 6.45) is 0. The highest BCUT2D eigenvalue weighted by Gasteiger charge is 2.11. The van der Waals surface area contributed by atoms with Crippen LogP contribution in [0.15, 0.2) is 40.9 Å². The van der Waals surface area contributed by atoms with Gasteiger partial charge in [-0.2, -0.15) is 0 Å².